The van der Waals surface area contributed by atoms with Crippen LogP contribution in [0.25, 0.3) is 10.8 Å². The van der Waals surface area contributed by atoms with Gasteiger partial charge >= 0.3 is 0 Å². The number of nitrogens with one attached hydrogen (secondary N) is 2. The van der Waals surface area contributed by atoms with Crippen LogP contribution in [0.4, 0.5) is 5.82 Å². The summed E-state index contributed by atoms with van der Waals surface area (Å²) in [7, 11) is 0. The number of hydrogen-bond acceptors (Lipinski definition) is 5. The van der Waals surface area contributed by atoms with E-state index in [1.165, 1.54) is 0 Å². The number of amides is 2. The SMILES string of the molecule is CCNc1nccc2ccc(C(=O)N3CCC4(CC3)Cc3cn(C(C)(C)C)nc3C(=O)N4)cc12. The second-order valence-corrected chi connectivity index (χ2v) is 10.4. The lowest BCUT2D eigenvalue weighted by Gasteiger charge is -2.44. The maximum atomic E-state index is 13.3. The molecular weight excluding hydrogens is 428 g/mol. The predicted molar refractivity (Wildman–Crippen MR) is 132 cm³/mol. The normalized spacial score (nSPS) is 17.5. The predicted octanol–water partition coefficient (Wildman–Crippen LogP) is 3.58. The number of fused-ring (bicyclic) bond motifs is 2. The van der Waals surface area contributed by atoms with E-state index in [1.54, 1.807) is 6.20 Å². The summed E-state index contributed by atoms with van der Waals surface area (Å²) in [6.45, 7) is 10.2. The van der Waals surface area contributed by atoms with Gasteiger partial charge in [0.15, 0.2) is 5.69 Å². The third-order valence-corrected chi connectivity index (χ3v) is 6.97. The van der Waals surface area contributed by atoms with Crippen LogP contribution in [-0.4, -0.2) is 56.7 Å². The number of pyridine rings is 1. The number of likely N-dealkylation sites (tertiary alicyclic amines) is 1. The molecule has 34 heavy (non-hydrogen) atoms. The first-order valence-corrected chi connectivity index (χ1v) is 12.0. The molecule has 0 radical (unpaired) electrons. The van der Waals surface area contributed by atoms with Gasteiger partial charge in [0.1, 0.15) is 5.82 Å². The van der Waals surface area contributed by atoms with Gasteiger partial charge in [-0.3, -0.25) is 14.3 Å². The Hall–Kier alpha value is -3.42. The van der Waals surface area contributed by atoms with E-state index in [2.05, 4.69) is 41.5 Å². The van der Waals surface area contributed by atoms with Gasteiger partial charge in [0, 0.05) is 54.1 Å². The number of nitrogens with zero attached hydrogens (tertiary/aromatic N) is 4. The van der Waals surface area contributed by atoms with Crippen molar-refractivity contribution in [2.45, 2.75) is 58.0 Å². The zero-order valence-corrected chi connectivity index (χ0v) is 20.3. The first-order valence-electron chi connectivity index (χ1n) is 12.0. The first-order chi connectivity index (χ1) is 16.2. The number of carbonyl (C=O) groups is 2. The van der Waals surface area contributed by atoms with E-state index in [-0.39, 0.29) is 22.9 Å². The summed E-state index contributed by atoms with van der Waals surface area (Å²) in [4.78, 5) is 32.5. The Balaban J connectivity index is 1.33. The molecule has 2 amide bonds. The lowest BCUT2D eigenvalue weighted by Crippen LogP contribution is -2.59. The minimum Gasteiger partial charge on any atom is -0.370 e. The Morgan fingerprint density at radius 2 is 1.97 bits per heavy atom. The Morgan fingerprint density at radius 1 is 1.21 bits per heavy atom. The molecule has 0 bridgehead atoms. The molecule has 0 atom stereocenters. The summed E-state index contributed by atoms with van der Waals surface area (Å²) in [6.07, 6.45) is 5.99. The standard InChI is InChI=1S/C26H32N6O2/c1-5-27-22-20-14-18(7-6-17(20)8-11-28-22)24(34)31-12-9-26(10-13-31)15-19-16-32(25(2,3)4)30-21(19)23(33)29-26/h6-8,11,14,16H,5,9-10,12-13,15H2,1-4H3,(H,27,28)(H,29,33). The highest BCUT2D eigenvalue weighted by Gasteiger charge is 2.43. The molecule has 0 unspecified atom stereocenters. The molecule has 0 aliphatic carbocycles. The quantitative estimate of drug-likeness (QED) is 0.623. The van der Waals surface area contributed by atoms with Gasteiger partial charge < -0.3 is 15.5 Å². The fourth-order valence-corrected chi connectivity index (χ4v) is 5.01. The highest BCUT2D eigenvalue weighted by molar-refractivity contribution is 6.01. The van der Waals surface area contributed by atoms with Crippen LogP contribution in [0, 0.1) is 0 Å². The molecule has 4 heterocycles. The Bertz CT molecular complexity index is 1260. The average Bonchev–Trinajstić information content (AvgIpc) is 3.24. The number of rotatable bonds is 3. The summed E-state index contributed by atoms with van der Waals surface area (Å²) < 4.78 is 1.88. The molecule has 178 valence electrons. The summed E-state index contributed by atoms with van der Waals surface area (Å²) >= 11 is 0. The van der Waals surface area contributed by atoms with Gasteiger partial charge in [-0.15, -0.1) is 0 Å². The molecule has 8 heteroatoms. The minimum atomic E-state index is -0.321. The fourth-order valence-electron chi connectivity index (χ4n) is 5.01. The third kappa shape index (κ3) is 3.91. The van der Waals surface area contributed by atoms with Gasteiger partial charge in [-0.25, -0.2) is 4.98 Å². The van der Waals surface area contributed by atoms with E-state index in [9.17, 15) is 9.59 Å². The molecule has 2 aliphatic heterocycles. The van der Waals surface area contributed by atoms with Crippen LogP contribution < -0.4 is 10.6 Å². The van der Waals surface area contributed by atoms with Gasteiger partial charge in [0.2, 0.25) is 0 Å². The number of anilines is 1. The molecule has 1 aromatic carbocycles. The summed E-state index contributed by atoms with van der Waals surface area (Å²) in [6, 6.07) is 7.76. The van der Waals surface area contributed by atoms with Gasteiger partial charge in [-0.1, -0.05) is 6.07 Å². The second kappa shape index (κ2) is 8.11. The molecule has 0 saturated carbocycles. The number of piperidine rings is 1. The molecular formula is C26H32N6O2. The van der Waals surface area contributed by atoms with E-state index in [4.69, 9.17) is 0 Å². The van der Waals surface area contributed by atoms with Crippen molar-refractivity contribution < 1.29 is 9.59 Å². The van der Waals surface area contributed by atoms with Crippen molar-refractivity contribution in [3.8, 4) is 0 Å². The molecule has 1 saturated heterocycles. The average molecular weight is 461 g/mol. The van der Waals surface area contributed by atoms with Crippen LogP contribution in [0.2, 0.25) is 0 Å². The number of aromatic nitrogens is 3. The number of carbonyl (C=O) groups excluding carboxylic acids is 2. The van der Waals surface area contributed by atoms with Crippen molar-refractivity contribution in [1.29, 1.82) is 0 Å². The lowest BCUT2D eigenvalue weighted by atomic mass is 9.79. The molecule has 2 N–H and O–H groups in total. The Kier molecular flexibility index (Phi) is 5.34. The molecule has 5 rings (SSSR count). The number of benzene rings is 1. The van der Waals surface area contributed by atoms with Crippen LogP contribution in [0.15, 0.2) is 36.7 Å². The van der Waals surface area contributed by atoms with Gasteiger partial charge in [-0.2, -0.15) is 5.10 Å². The monoisotopic (exact) mass is 460 g/mol. The smallest absolute Gasteiger partial charge is 0.272 e. The first kappa shape index (κ1) is 22.4. The molecule has 1 spiro atoms. The molecule has 3 aromatic rings. The maximum absolute atomic E-state index is 13.3. The largest absolute Gasteiger partial charge is 0.370 e. The summed E-state index contributed by atoms with van der Waals surface area (Å²) in [5.74, 6) is 0.706. The summed E-state index contributed by atoms with van der Waals surface area (Å²) in [5, 5.41) is 13.0. The Labute approximate surface area is 199 Å². The highest BCUT2D eigenvalue weighted by Crippen LogP contribution is 2.33. The Morgan fingerprint density at radius 3 is 2.68 bits per heavy atom. The molecule has 1 fully saturated rings. The van der Waals surface area contributed by atoms with Crippen molar-refractivity contribution in [2.75, 3.05) is 25.0 Å². The fraction of sp³-hybridized carbons (Fsp3) is 0.462. The maximum Gasteiger partial charge on any atom is 0.272 e. The van der Waals surface area contributed by atoms with Crippen molar-refractivity contribution in [1.82, 2.24) is 25.0 Å². The van der Waals surface area contributed by atoms with Crippen LogP contribution in [0.5, 0.6) is 0 Å². The van der Waals surface area contributed by atoms with E-state index < -0.39 is 0 Å². The van der Waals surface area contributed by atoms with Gasteiger partial charge in [0.25, 0.3) is 11.8 Å². The summed E-state index contributed by atoms with van der Waals surface area (Å²) in [5.41, 5.74) is 1.69. The van der Waals surface area contributed by atoms with Crippen LogP contribution >= 0.6 is 0 Å². The van der Waals surface area contributed by atoms with Crippen molar-refractivity contribution in [3.05, 3.63) is 53.5 Å². The van der Waals surface area contributed by atoms with Crippen molar-refractivity contribution in [3.63, 3.8) is 0 Å². The molecule has 2 aliphatic rings. The minimum absolute atomic E-state index is 0.0198. The topological polar surface area (TPSA) is 92.2 Å². The van der Waals surface area contributed by atoms with Crippen LogP contribution in [-0.2, 0) is 12.0 Å². The van der Waals surface area contributed by atoms with Crippen molar-refractivity contribution in [2.24, 2.45) is 0 Å². The zero-order chi connectivity index (χ0) is 24.1. The molecule has 8 nitrogen and oxygen atoms in total. The van der Waals surface area contributed by atoms with Gasteiger partial charge in [0.05, 0.1) is 5.54 Å². The number of hydrogen-bond donors (Lipinski definition) is 2. The van der Waals surface area contributed by atoms with E-state index in [0.29, 0.717) is 24.3 Å². The highest BCUT2D eigenvalue weighted by atomic mass is 16.2. The third-order valence-electron chi connectivity index (χ3n) is 6.97. The zero-order valence-electron chi connectivity index (χ0n) is 20.3. The molecule has 2 aromatic heterocycles. The van der Waals surface area contributed by atoms with E-state index in [0.717, 1.165) is 48.0 Å². The van der Waals surface area contributed by atoms with Crippen molar-refractivity contribution >= 4 is 28.4 Å². The van der Waals surface area contributed by atoms with Gasteiger partial charge in [-0.05, 0) is 70.5 Å². The lowest BCUT2D eigenvalue weighted by molar-refractivity contribution is 0.0605. The van der Waals surface area contributed by atoms with E-state index >= 15 is 0 Å². The van der Waals surface area contributed by atoms with Crippen LogP contribution in [0.1, 0.15) is 66.9 Å². The van der Waals surface area contributed by atoms with E-state index in [1.807, 2.05) is 47.0 Å². The van der Waals surface area contributed by atoms with Crippen LogP contribution in [0.3, 0.4) is 0 Å². The second-order valence-electron chi connectivity index (χ2n) is 10.4.